The van der Waals surface area contributed by atoms with Gasteiger partial charge in [-0.1, -0.05) is 0 Å². The standard InChI is InChI=1S/C6H4ClIN4O/c7-2-5-9-10-6(13)3-1-4(8)11-12(3)5/h1H,2H2,(H,10,13). The van der Waals surface area contributed by atoms with E-state index in [4.69, 9.17) is 11.6 Å². The third-order valence-electron chi connectivity index (χ3n) is 1.56. The highest BCUT2D eigenvalue weighted by atomic mass is 127. The predicted molar refractivity (Wildman–Crippen MR) is 55.9 cm³/mol. The second-order valence-corrected chi connectivity index (χ2v) is 3.74. The van der Waals surface area contributed by atoms with Gasteiger partial charge in [-0.25, -0.2) is 9.61 Å². The molecule has 0 atom stereocenters. The second-order valence-electron chi connectivity index (χ2n) is 2.37. The first-order valence-electron chi connectivity index (χ1n) is 3.41. The van der Waals surface area contributed by atoms with Gasteiger partial charge in [0.2, 0.25) is 0 Å². The number of alkyl halides is 1. The molecule has 0 unspecified atom stereocenters. The molecule has 2 heterocycles. The normalized spacial score (nSPS) is 10.9. The lowest BCUT2D eigenvalue weighted by molar-refractivity contribution is 0.780. The Bertz CT molecular complexity index is 505. The molecule has 2 aromatic rings. The minimum atomic E-state index is -0.260. The predicted octanol–water partition coefficient (Wildman–Crippen LogP) is 0.761. The van der Waals surface area contributed by atoms with E-state index in [0.717, 1.165) is 3.70 Å². The van der Waals surface area contributed by atoms with Crippen LogP contribution >= 0.6 is 34.2 Å². The summed E-state index contributed by atoms with van der Waals surface area (Å²) in [7, 11) is 0. The largest absolute Gasteiger partial charge is 0.290 e. The summed E-state index contributed by atoms with van der Waals surface area (Å²) >= 11 is 7.65. The summed E-state index contributed by atoms with van der Waals surface area (Å²) in [6.07, 6.45) is 0. The van der Waals surface area contributed by atoms with Crippen LogP contribution in [0.2, 0.25) is 0 Å². The monoisotopic (exact) mass is 310 g/mol. The minimum absolute atomic E-state index is 0.213. The van der Waals surface area contributed by atoms with E-state index in [1.165, 1.54) is 4.52 Å². The summed E-state index contributed by atoms with van der Waals surface area (Å²) in [6.45, 7) is 0. The first-order chi connectivity index (χ1) is 6.22. The molecule has 2 aromatic heterocycles. The molecule has 0 aliphatic heterocycles. The van der Waals surface area contributed by atoms with Crippen molar-refractivity contribution in [3.8, 4) is 0 Å². The van der Waals surface area contributed by atoms with E-state index in [-0.39, 0.29) is 11.4 Å². The molecule has 0 bridgehead atoms. The van der Waals surface area contributed by atoms with E-state index in [2.05, 4.69) is 15.3 Å². The Balaban J connectivity index is 2.92. The molecule has 7 heteroatoms. The quantitative estimate of drug-likeness (QED) is 0.625. The van der Waals surface area contributed by atoms with Crippen molar-refractivity contribution in [2.75, 3.05) is 0 Å². The number of halogens is 2. The van der Waals surface area contributed by atoms with Gasteiger partial charge in [-0.3, -0.25) is 4.79 Å². The summed E-state index contributed by atoms with van der Waals surface area (Å²) in [6, 6.07) is 1.68. The van der Waals surface area contributed by atoms with Crippen LogP contribution in [-0.2, 0) is 5.88 Å². The van der Waals surface area contributed by atoms with Gasteiger partial charge in [-0.2, -0.15) is 10.2 Å². The molecule has 68 valence electrons. The average Bonchev–Trinajstić information content (AvgIpc) is 2.48. The second kappa shape index (κ2) is 3.26. The maximum atomic E-state index is 11.2. The first-order valence-corrected chi connectivity index (χ1v) is 5.02. The van der Waals surface area contributed by atoms with Crippen LogP contribution in [0.3, 0.4) is 0 Å². The Kier molecular flexibility index (Phi) is 2.24. The van der Waals surface area contributed by atoms with Gasteiger partial charge in [0.05, 0.1) is 5.88 Å². The highest BCUT2D eigenvalue weighted by molar-refractivity contribution is 14.1. The zero-order chi connectivity index (χ0) is 9.42. The van der Waals surface area contributed by atoms with Crippen molar-refractivity contribution in [3.63, 3.8) is 0 Å². The van der Waals surface area contributed by atoms with Gasteiger partial charge < -0.3 is 0 Å². The van der Waals surface area contributed by atoms with E-state index in [1.54, 1.807) is 6.07 Å². The van der Waals surface area contributed by atoms with Gasteiger partial charge in [0.15, 0.2) is 5.82 Å². The van der Waals surface area contributed by atoms with Crippen molar-refractivity contribution in [3.05, 3.63) is 25.9 Å². The fourth-order valence-corrected chi connectivity index (χ4v) is 1.70. The molecule has 2 rings (SSSR count). The summed E-state index contributed by atoms with van der Waals surface area (Å²) in [5.41, 5.74) is 0.208. The third kappa shape index (κ3) is 1.44. The molecule has 13 heavy (non-hydrogen) atoms. The third-order valence-corrected chi connectivity index (χ3v) is 2.33. The molecular formula is C6H4ClIN4O. The van der Waals surface area contributed by atoms with E-state index in [1.807, 2.05) is 22.6 Å². The van der Waals surface area contributed by atoms with Gasteiger partial charge in [-0.15, -0.1) is 11.6 Å². The Morgan fingerprint density at radius 1 is 1.69 bits per heavy atom. The summed E-state index contributed by atoms with van der Waals surface area (Å²) in [4.78, 5) is 11.2. The minimum Gasteiger partial charge on any atom is -0.266 e. The van der Waals surface area contributed by atoms with Crippen molar-refractivity contribution >= 4 is 39.7 Å². The van der Waals surface area contributed by atoms with Crippen LogP contribution in [-0.4, -0.2) is 19.8 Å². The number of nitrogens with one attached hydrogen (secondary N) is 1. The zero-order valence-electron chi connectivity index (χ0n) is 6.29. The van der Waals surface area contributed by atoms with Gasteiger partial charge in [-0.05, 0) is 22.6 Å². The SMILES string of the molecule is O=c1[nH]nc(CCl)n2nc(I)cc12. The fraction of sp³-hybridized carbons (Fsp3) is 0.167. The van der Waals surface area contributed by atoms with E-state index >= 15 is 0 Å². The summed E-state index contributed by atoms with van der Waals surface area (Å²) in [5.74, 6) is 0.740. The molecule has 0 spiro atoms. The Morgan fingerprint density at radius 2 is 2.46 bits per heavy atom. The lowest BCUT2D eigenvalue weighted by Crippen LogP contribution is -2.15. The van der Waals surface area contributed by atoms with Crippen molar-refractivity contribution in [2.45, 2.75) is 5.88 Å². The molecule has 0 aliphatic rings. The van der Waals surface area contributed by atoms with Gasteiger partial charge in [0.25, 0.3) is 5.56 Å². The number of hydrogen-bond donors (Lipinski definition) is 1. The molecule has 0 saturated carbocycles. The first kappa shape index (κ1) is 8.95. The van der Waals surface area contributed by atoms with Crippen LogP contribution in [0.5, 0.6) is 0 Å². The maximum Gasteiger partial charge on any atom is 0.290 e. The van der Waals surface area contributed by atoms with Crippen molar-refractivity contribution in [1.82, 2.24) is 19.8 Å². The summed E-state index contributed by atoms with van der Waals surface area (Å²) in [5, 5.41) is 10.2. The number of hydrogen-bond acceptors (Lipinski definition) is 3. The average molecular weight is 310 g/mol. The van der Waals surface area contributed by atoms with Crippen molar-refractivity contribution in [2.24, 2.45) is 0 Å². The Labute approximate surface area is 91.2 Å². The number of fused-ring (bicyclic) bond motifs is 1. The maximum absolute atomic E-state index is 11.2. The number of nitrogens with zero attached hydrogens (tertiary/aromatic N) is 3. The van der Waals surface area contributed by atoms with Crippen molar-refractivity contribution in [1.29, 1.82) is 0 Å². The smallest absolute Gasteiger partial charge is 0.266 e. The highest BCUT2D eigenvalue weighted by Gasteiger charge is 2.07. The highest BCUT2D eigenvalue weighted by Crippen LogP contribution is 2.06. The topological polar surface area (TPSA) is 63.0 Å². The number of aromatic nitrogens is 4. The molecule has 0 radical (unpaired) electrons. The van der Waals surface area contributed by atoms with Crippen LogP contribution in [0.15, 0.2) is 10.9 Å². The van der Waals surface area contributed by atoms with Gasteiger partial charge in [0, 0.05) is 6.07 Å². The number of H-pyrrole nitrogens is 1. The van der Waals surface area contributed by atoms with Crippen LogP contribution in [0.4, 0.5) is 0 Å². The molecule has 5 nitrogen and oxygen atoms in total. The zero-order valence-corrected chi connectivity index (χ0v) is 9.20. The molecule has 1 N–H and O–H groups in total. The van der Waals surface area contributed by atoms with Gasteiger partial charge in [0.1, 0.15) is 9.22 Å². The van der Waals surface area contributed by atoms with Crippen LogP contribution in [0.1, 0.15) is 5.82 Å². The number of aromatic amines is 1. The van der Waals surface area contributed by atoms with Crippen LogP contribution < -0.4 is 5.56 Å². The molecule has 0 aliphatic carbocycles. The van der Waals surface area contributed by atoms with Crippen LogP contribution in [0, 0.1) is 3.70 Å². The molecule has 0 aromatic carbocycles. The van der Waals surface area contributed by atoms with E-state index < -0.39 is 0 Å². The lowest BCUT2D eigenvalue weighted by atomic mass is 10.5. The molecular weight excluding hydrogens is 306 g/mol. The lowest BCUT2D eigenvalue weighted by Gasteiger charge is -1.96. The molecule has 0 fully saturated rings. The summed E-state index contributed by atoms with van der Waals surface area (Å²) < 4.78 is 2.19. The fourth-order valence-electron chi connectivity index (χ4n) is 1.02. The molecule has 0 amide bonds. The van der Waals surface area contributed by atoms with Crippen molar-refractivity contribution < 1.29 is 0 Å². The van der Waals surface area contributed by atoms with E-state index in [9.17, 15) is 4.79 Å². The van der Waals surface area contributed by atoms with Gasteiger partial charge >= 0.3 is 0 Å². The Hall–Kier alpha value is -0.630. The van der Waals surface area contributed by atoms with Crippen LogP contribution in [0.25, 0.3) is 5.52 Å². The number of rotatable bonds is 1. The Morgan fingerprint density at radius 3 is 3.15 bits per heavy atom. The van der Waals surface area contributed by atoms with E-state index in [0.29, 0.717) is 11.3 Å². The molecule has 0 saturated heterocycles.